The molecule has 3 aromatic rings. The van der Waals surface area contributed by atoms with Crippen molar-refractivity contribution in [1.29, 1.82) is 0 Å². The summed E-state index contributed by atoms with van der Waals surface area (Å²) in [5, 5.41) is 16.2. The van der Waals surface area contributed by atoms with E-state index in [1.807, 2.05) is 18.2 Å². The molecule has 0 spiro atoms. The molecule has 0 fully saturated rings. The second-order valence-corrected chi connectivity index (χ2v) is 8.26. The minimum atomic E-state index is 0.286. The van der Waals surface area contributed by atoms with Gasteiger partial charge in [0.15, 0.2) is 11.5 Å². The number of aryl methyl sites for hydroxylation is 1. The standard InChI is InChI=1S/C20H22BrCl2N5O2/c1-3-4-7-28-20(25-26-27-28)24-11-13-8-16(21)19(18(9-13)29-2)30-12-14-5-6-15(22)10-17(14)23/h5-6,8-10H,3-4,7,11-12H2,1-2H3,(H,24,25,27). The molecule has 2 aromatic carbocycles. The highest BCUT2D eigenvalue weighted by Gasteiger charge is 2.14. The highest BCUT2D eigenvalue weighted by atomic mass is 79.9. The minimum absolute atomic E-state index is 0.286. The average molecular weight is 515 g/mol. The first kappa shape index (κ1) is 22.7. The molecule has 0 saturated heterocycles. The van der Waals surface area contributed by atoms with Gasteiger partial charge >= 0.3 is 0 Å². The average Bonchev–Trinajstić information content (AvgIpc) is 3.18. The third-order valence-corrected chi connectivity index (χ3v) is 5.56. The zero-order valence-corrected chi connectivity index (χ0v) is 19.8. The normalized spacial score (nSPS) is 10.8. The number of ether oxygens (including phenoxy) is 2. The van der Waals surface area contributed by atoms with Gasteiger partial charge in [0.25, 0.3) is 0 Å². The molecule has 1 aromatic heterocycles. The molecule has 0 saturated carbocycles. The van der Waals surface area contributed by atoms with Crippen molar-refractivity contribution in [2.45, 2.75) is 39.5 Å². The van der Waals surface area contributed by atoms with Crippen LogP contribution in [-0.4, -0.2) is 27.3 Å². The number of unbranched alkanes of at least 4 members (excludes halogenated alkanes) is 1. The Morgan fingerprint density at radius 2 is 2.03 bits per heavy atom. The molecule has 0 aliphatic rings. The highest BCUT2D eigenvalue weighted by molar-refractivity contribution is 9.10. The van der Waals surface area contributed by atoms with Gasteiger partial charge < -0.3 is 14.8 Å². The maximum atomic E-state index is 6.24. The summed E-state index contributed by atoms with van der Waals surface area (Å²) in [6, 6.07) is 9.19. The van der Waals surface area contributed by atoms with Gasteiger partial charge in [0, 0.05) is 28.7 Å². The number of hydrogen-bond donors (Lipinski definition) is 1. The number of halogens is 3. The lowest BCUT2D eigenvalue weighted by Crippen LogP contribution is -2.09. The lowest BCUT2D eigenvalue weighted by molar-refractivity contribution is 0.282. The van der Waals surface area contributed by atoms with Gasteiger partial charge in [-0.15, -0.1) is 0 Å². The van der Waals surface area contributed by atoms with Crippen molar-refractivity contribution in [3.63, 3.8) is 0 Å². The Hall–Kier alpha value is -2.03. The quantitative estimate of drug-likeness (QED) is 0.371. The molecule has 0 unspecified atom stereocenters. The van der Waals surface area contributed by atoms with E-state index in [-0.39, 0.29) is 6.61 Å². The molecule has 160 valence electrons. The van der Waals surface area contributed by atoms with Gasteiger partial charge in [0.2, 0.25) is 5.95 Å². The summed E-state index contributed by atoms with van der Waals surface area (Å²) in [5.74, 6) is 1.84. The SMILES string of the molecule is CCCCn1nnnc1NCc1cc(Br)c(OCc2ccc(Cl)cc2Cl)c(OC)c1. The molecule has 0 aliphatic heterocycles. The first-order valence-electron chi connectivity index (χ1n) is 9.45. The van der Waals surface area contributed by atoms with Gasteiger partial charge in [-0.1, -0.05) is 47.7 Å². The second-order valence-electron chi connectivity index (χ2n) is 6.57. The van der Waals surface area contributed by atoms with Gasteiger partial charge in [0.1, 0.15) is 6.61 Å². The van der Waals surface area contributed by atoms with Crippen molar-refractivity contribution in [2.75, 3.05) is 12.4 Å². The number of anilines is 1. The summed E-state index contributed by atoms with van der Waals surface area (Å²) in [4.78, 5) is 0. The van der Waals surface area contributed by atoms with E-state index in [1.54, 1.807) is 23.9 Å². The summed E-state index contributed by atoms with van der Waals surface area (Å²) < 4.78 is 14.1. The van der Waals surface area contributed by atoms with Crippen molar-refractivity contribution in [2.24, 2.45) is 0 Å². The number of nitrogens with one attached hydrogen (secondary N) is 1. The van der Waals surface area contributed by atoms with Crippen LogP contribution in [0.5, 0.6) is 11.5 Å². The summed E-state index contributed by atoms with van der Waals surface area (Å²) in [6.07, 6.45) is 2.09. The van der Waals surface area contributed by atoms with E-state index in [9.17, 15) is 0 Å². The zero-order valence-electron chi connectivity index (χ0n) is 16.7. The maximum Gasteiger partial charge on any atom is 0.243 e. The molecule has 0 atom stereocenters. The monoisotopic (exact) mass is 513 g/mol. The minimum Gasteiger partial charge on any atom is -0.493 e. The Morgan fingerprint density at radius 3 is 2.77 bits per heavy atom. The van der Waals surface area contributed by atoms with Crippen LogP contribution >= 0.6 is 39.1 Å². The van der Waals surface area contributed by atoms with Crippen LogP contribution in [0, 0.1) is 0 Å². The van der Waals surface area contributed by atoms with Crippen LogP contribution < -0.4 is 14.8 Å². The maximum absolute atomic E-state index is 6.24. The van der Waals surface area contributed by atoms with Crippen LogP contribution in [0.2, 0.25) is 10.0 Å². The fraction of sp³-hybridized carbons (Fsp3) is 0.350. The molecule has 1 heterocycles. The van der Waals surface area contributed by atoms with Crippen LogP contribution in [0.4, 0.5) is 5.95 Å². The number of nitrogens with zero attached hydrogens (tertiary/aromatic N) is 4. The summed E-state index contributed by atoms with van der Waals surface area (Å²) in [7, 11) is 1.60. The first-order valence-corrected chi connectivity index (χ1v) is 11.0. The van der Waals surface area contributed by atoms with E-state index in [0.717, 1.165) is 35.0 Å². The number of aromatic nitrogens is 4. The number of benzene rings is 2. The highest BCUT2D eigenvalue weighted by Crippen LogP contribution is 2.37. The Morgan fingerprint density at radius 1 is 1.20 bits per heavy atom. The Kier molecular flexibility index (Phi) is 8.18. The first-order chi connectivity index (χ1) is 14.5. The third kappa shape index (κ3) is 5.77. The van der Waals surface area contributed by atoms with E-state index in [2.05, 4.69) is 43.7 Å². The van der Waals surface area contributed by atoms with Crippen molar-refractivity contribution < 1.29 is 9.47 Å². The summed E-state index contributed by atoms with van der Waals surface area (Å²) in [5.41, 5.74) is 1.82. The third-order valence-electron chi connectivity index (χ3n) is 4.38. The van der Waals surface area contributed by atoms with E-state index in [0.29, 0.717) is 34.0 Å². The predicted molar refractivity (Wildman–Crippen MR) is 122 cm³/mol. The van der Waals surface area contributed by atoms with Crippen LogP contribution in [0.15, 0.2) is 34.8 Å². The number of hydrogen-bond acceptors (Lipinski definition) is 6. The number of rotatable bonds is 10. The fourth-order valence-corrected chi connectivity index (χ4v) is 3.84. The van der Waals surface area contributed by atoms with E-state index in [1.165, 1.54) is 0 Å². The Balaban J connectivity index is 1.70. The molecule has 0 radical (unpaired) electrons. The number of tetrazole rings is 1. The molecule has 10 heteroatoms. The molecular formula is C20H22BrCl2N5O2. The lowest BCUT2D eigenvalue weighted by Gasteiger charge is -2.15. The van der Waals surface area contributed by atoms with Gasteiger partial charge in [-0.2, -0.15) is 0 Å². The molecule has 1 N–H and O–H groups in total. The van der Waals surface area contributed by atoms with Gasteiger partial charge in [-0.05, 0) is 62.6 Å². The lowest BCUT2D eigenvalue weighted by atomic mass is 10.2. The Bertz CT molecular complexity index is 999. The Labute approximate surface area is 193 Å². The van der Waals surface area contributed by atoms with E-state index < -0.39 is 0 Å². The molecule has 7 nitrogen and oxygen atoms in total. The molecule has 0 aliphatic carbocycles. The van der Waals surface area contributed by atoms with Gasteiger partial charge in [-0.3, -0.25) is 0 Å². The second kappa shape index (κ2) is 10.8. The van der Waals surface area contributed by atoms with E-state index >= 15 is 0 Å². The molecule has 3 rings (SSSR count). The fourth-order valence-electron chi connectivity index (χ4n) is 2.77. The smallest absolute Gasteiger partial charge is 0.243 e. The van der Waals surface area contributed by atoms with Crippen molar-refractivity contribution in [3.8, 4) is 11.5 Å². The van der Waals surface area contributed by atoms with E-state index in [4.69, 9.17) is 32.7 Å². The van der Waals surface area contributed by atoms with Crippen LogP contribution in [0.25, 0.3) is 0 Å². The summed E-state index contributed by atoms with van der Waals surface area (Å²) >= 11 is 15.8. The van der Waals surface area contributed by atoms with Crippen LogP contribution in [-0.2, 0) is 19.7 Å². The van der Waals surface area contributed by atoms with Gasteiger partial charge in [0.05, 0.1) is 11.6 Å². The van der Waals surface area contributed by atoms with Gasteiger partial charge in [-0.25, -0.2) is 4.68 Å². The molecule has 30 heavy (non-hydrogen) atoms. The number of methoxy groups -OCH3 is 1. The van der Waals surface area contributed by atoms with Crippen molar-refractivity contribution in [1.82, 2.24) is 20.2 Å². The largest absolute Gasteiger partial charge is 0.493 e. The van der Waals surface area contributed by atoms with Crippen LogP contribution in [0.3, 0.4) is 0 Å². The molecule has 0 bridgehead atoms. The zero-order chi connectivity index (χ0) is 21.5. The topological polar surface area (TPSA) is 74.1 Å². The predicted octanol–water partition coefficient (Wildman–Crippen LogP) is 5.74. The summed E-state index contributed by atoms with van der Waals surface area (Å²) in [6.45, 7) is 3.73. The van der Waals surface area contributed by atoms with Crippen molar-refractivity contribution >= 4 is 45.1 Å². The molecule has 0 amide bonds. The van der Waals surface area contributed by atoms with Crippen LogP contribution in [0.1, 0.15) is 30.9 Å². The van der Waals surface area contributed by atoms with Crippen molar-refractivity contribution in [3.05, 3.63) is 56.0 Å². The molecular weight excluding hydrogens is 493 g/mol.